The molecule has 4 rings (SSSR count). The Morgan fingerprint density at radius 3 is 2.38 bits per heavy atom. The number of benzene rings is 2. The van der Waals surface area contributed by atoms with E-state index in [1.165, 1.54) is 5.69 Å². The number of rotatable bonds is 4. The van der Waals surface area contributed by atoms with Crippen LogP contribution in [0.15, 0.2) is 54.6 Å². The Bertz CT molecular complexity index is 922. The summed E-state index contributed by atoms with van der Waals surface area (Å²) >= 11 is 0. The number of nitrogens with zero attached hydrogens (tertiary/aromatic N) is 3. The number of carbonyl (C=O) groups is 2. The van der Waals surface area contributed by atoms with Crippen LogP contribution < -0.4 is 10.2 Å². The Labute approximate surface area is 191 Å². The van der Waals surface area contributed by atoms with Crippen LogP contribution in [-0.2, 0) is 0 Å². The molecule has 170 valence electrons. The molecule has 1 N–H and O–H groups in total. The smallest absolute Gasteiger partial charge is 0.317 e. The fourth-order valence-electron chi connectivity index (χ4n) is 4.69. The topological polar surface area (TPSA) is 55.9 Å². The Kier molecular flexibility index (Phi) is 6.98. The lowest BCUT2D eigenvalue weighted by Gasteiger charge is -2.36. The highest BCUT2D eigenvalue weighted by atomic mass is 16.2. The SMILES string of the molecule is CC(C)NC(=O)N1CCCC(c2cccc(C(=O)N3CCN(c4ccccc4)CC3)c2)C1. The quantitative estimate of drug-likeness (QED) is 0.793. The van der Waals surface area contributed by atoms with E-state index >= 15 is 0 Å². The lowest BCUT2D eigenvalue weighted by Crippen LogP contribution is -2.48. The second kappa shape index (κ2) is 10.1. The van der Waals surface area contributed by atoms with E-state index in [9.17, 15) is 9.59 Å². The van der Waals surface area contributed by atoms with E-state index in [0.717, 1.165) is 56.7 Å². The Morgan fingerprint density at radius 1 is 0.906 bits per heavy atom. The van der Waals surface area contributed by atoms with Gasteiger partial charge in [-0.25, -0.2) is 4.79 Å². The summed E-state index contributed by atoms with van der Waals surface area (Å²) in [5.41, 5.74) is 3.12. The number of urea groups is 1. The minimum Gasteiger partial charge on any atom is -0.368 e. The maximum Gasteiger partial charge on any atom is 0.317 e. The Balaban J connectivity index is 1.38. The molecular weight excluding hydrogens is 400 g/mol. The van der Waals surface area contributed by atoms with Crippen molar-refractivity contribution in [2.45, 2.75) is 38.6 Å². The fourth-order valence-corrected chi connectivity index (χ4v) is 4.69. The van der Waals surface area contributed by atoms with Crippen molar-refractivity contribution in [1.29, 1.82) is 0 Å². The van der Waals surface area contributed by atoms with Gasteiger partial charge in [0.15, 0.2) is 0 Å². The molecule has 2 aromatic rings. The van der Waals surface area contributed by atoms with Crippen LogP contribution in [0.3, 0.4) is 0 Å². The summed E-state index contributed by atoms with van der Waals surface area (Å²) < 4.78 is 0. The summed E-state index contributed by atoms with van der Waals surface area (Å²) in [5.74, 6) is 0.370. The number of nitrogens with one attached hydrogen (secondary N) is 1. The van der Waals surface area contributed by atoms with Gasteiger partial charge in [0.1, 0.15) is 0 Å². The number of carbonyl (C=O) groups excluding carboxylic acids is 2. The average molecular weight is 435 g/mol. The van der Waals surface area contributed by atoms with Crippen molar-refractivity contribution < 1.29 is 9.59 Å². The van der Waals surface area contributed by atoms with E-state index in [-0.39, 0.29) is 23.9 Å². The van der Waals surface area contributed by atoms with Crippen molar-refractivity contribution in [2.75, 3.05) is 44.2 Å². The molecule has 6 nitrogen and oxygen atoms in total. The second-order valence-corrected chi connectivity index (χ2v) is 9.13. The van der Waals surface area contributed by atoms with Gasteiger partial charge in [-0.15, -0.1) is 0 Å². The summed E-state index contributed by atoms with van der Waals surface area (Å²) in [6.45, 7) is 8.60. The highest BCUT2D eigenvalue weighted by Gasteiger charge is 2.27. The van der Waals surface area contributed by atoms with Gasteiger partial charge in [0, 0.05) is 62.5 Å². The molecule has 2 fully saturated rings. The van der Waals surface area contributed by atoms with E-state index in [0.29, 0.717) is 6.54 Å². The molecule has 2 aliphatic heterocycles. The van der Waals surface area contributed by atoms with Crippen LogP contribution in [0, 0.1) is 0 Å². The van der Waals surface area contributed by atoms with Crippen LogP contribution in [-0.4, -0.2) is 67.0 Å². The number of hydrogen-bond donors (Lipinski definition) is 1. The molecule has 0 saturated carbocycles. The van der Waals surface area contributed by atoms with Gasteiger partial charge in [-0.1, -0.05) is 30.3 Å². The Hall–Kier alpha value is -3.02. The molecule has 2 aromatic carbocycles. The predicted octanol–water partition coefficient (Wildman–Crippen LogP) is 3.95. The summed E-state index contributed by atoms with van der Waals surface area (Å²) in [7, 11) is 0. The van der Waals surface area contributed by atoms with Gasteiger partial charge in [-0.05, 0) is 56.5 Å². The second-order valence-electron chi connectivity index (χ2n) is 9.13. The van der Waals surface area contributed by atoms with Crippen LogP contribution in [0.25, 0.3) is 0 Å². The zero-order chi connectivity index (χ0) is 22.5. The molecule has 0 radical (unpaired) electrons. The monoisotopic (exact) mass is 434 g/mol. The minimum absolute atomic E-state index is 0.00761. The third-order valence-electron chi connectivity index (χ3n) is 6.41. The van der Waals surface area contributed by atoms with Crippen LogP contribution in [0.2, 0.25) is 0 Å². The molecule has 0 bridgehead atoms. The maximum atomic E-state index is 13.2. The molecule has 1 atom stereocenters. The molecule has 0 spiro atoms. The molecule has 3 amide bonds. The molecule has 32 heavy (non-hydrogen) atoms. The molecule has 2 heterocycles. The van der Waals surface area contributed by atoms with E-state index < -0.39 is 0 Å². The predicted molar refractivity (Wildman–Crippen MR) is 128 cm³/mol. The Morgan fingerprint density at radius 2 is 1.66 bits per heavy atom. The lowest BCUT2D eigenvalue weighted by atomic mass is 9.89. The summed E-state index contributed by atoms with van der Waals surface area (Å²) in [5, 5.41) is 2.99. The van der Waals surface area contributed by atoms with Crippen molar-refractivity contribution in [1.82, 2.24) is 15.1 Å². The zero-order valence-corrected chi connectivity index (χ0v) is 19.2. The van der Waals surface area contributed by atoms with Gasteiger partial charge in [0.25, 0.3) is 5.91 Å². The van der Waals surface area contributed by atoms with Gasteiger partial charge in [-0.2, -0.15) is 0 Å². The highest BCUT2D eigenvalue weighted by Crippen LogP contribution is 2.28. The van der Waals surface area contributed by atoms with Gasteiger partial charge in [-0.3, -0.25) is 4.79 Å². The lowest BCUT2D eigenvalue weighted by molar-refractivity contribution is 0.0746. The summed E-state index contributed by atoms with van der Waals surface area (Å²) in [6.07, 6.45) is 2.02. The van der Waals surface area contributed by atoms with E-state index in [1.54, 1.807) is 0 Å². The standard InChI is InChI=1S/C26H34N4O2/c1-20(2)27-26(32)30-13-7-10-23(19-30)21-8-6-9-22(18-21)25(31)29-16-14-28(15-17-29)24-11-4-3-5-12-24/h3-6,8-9,11-12,18,20,23H,7,10,13-17,19H2,1-2H3,(H,27,32). The van der Waals surface area contributed by atoms with Gasteiger partial charge in [0.2, 0.25) is 0 Å². The fraction of sp³-hybridized carbons (Fsp3) is 0.462. The number of piperazine rings is 1. The summed E-state index contributed by atoms with van der Waals surface area (Å²) in [6, 6.07) is 18.6. The normalized spacial score (nSPS) is 19.2. The molecule has 2 aliphatic rings. The van der Waals surface area contributed by atoms with Crippen LogP contribution in [0.4, 0.5) is 10.5 Å². The first kappa shape index (κ1) is 22.2. The minimum atomic E-state index is 0.00761. The zero-order valence-electron chi connectivity index (χ0n) is 19.2. The van der Waals surface area contributed by atoms with Crippen molar-refractivity contribution in [3.8, 4) is 0 Å². The molecule has 6 heteroatoms. The summed E-state index contributed by atoms with van der Waals surface area (Å²) in [4.78, 5) is 31.9. The van der Waals surface area contributed by atoms with Crippen molar-refractivity contribution in [3.05, 3.63) is 65.7 Å². The van der Waals surface area contributed by atoms with Crippen LogP contribution in [0.5, 0.6) is 0 Å². The maximum absolute atomic E-state index is 13.2. The number of para-hydroxylation sites is 1. The van der Waals surface area contributed by atoms with E-state index in [1.807, 2.05) is 47.9 Å². The van der Waals surface area contributed by atoms with E-state index in [2.05, 4.69) is 40.5 Å². The number of piperidine rings is 1. The van der Waals surface area contributed by atoms with Crippen molar-refractivity contribution >= 4 is 17.6 Å². The molecule has 1 unspecified atom stereocenters. The largest absolute Gasteiger partial charge is 0.368 e. The first-order chi connectivity index (χ1) is 15.5. The van der Waals surface area contributed by atoms with Crippen LogP contribution in [0.1, 0.15) is 48.5 Å². The van der Waals surface area contributed by atoms with Gasteiger partial charge < -0.3 is 20.0 Å². The highest BCUT2D eigenvalue weighted by molar-refractivity contribution is 5.94. The van der Waals surface area contributed by atoms with Crippen molar-refractivity contribution in [3.63, 3.8) is 0 Å². The number of likely N-dealkylation sites (tertiary alicyclic amines) is 1. The van der Waals surface area contributed by atoms with Gasteiger partial charge >= 0.3 is 6.03 Å². The number of anilines is 1. The van der Waals surface area contributed by atoms with E-state index in [4.69, 9.17) is 0 Å². The van der Waals surface area contributed by atoms with Crippen LogP contribution >= 0.6 is 0 Å². The first-order valence-electron chi connectivity index (χ1n) is 11.8. The molecule has 2 saturated heterocycles. The molecular formula is C26H34N4O2. The third kappa shape index (κ3) is 5.23. The third-order valence-corrected chi connectivity index (χ3v) is 6.41. The first-order valence-corrected chi connectivity index (χ1v) is 11.8. The average Bonchev–Trinajstić information content (AvgIpc) is 2.84. The van der Waals surface area contributed by atoms with Gasteiger partial charge in [0.05, 0.1) is 0 Å². The molecule has 0 aromatic heterocycles. The molecule has 0 aliphatic carbocycles. The number of hydrogen-bond acceptors (Lipinski definition) is 3. The van der Waals surface area contributed by atoms with Crippen molar-refractivity contribution in [2.24, 2.45) is 0 Å². The number of amides is 3.